The molecule has 1 N–H and O–H groups in total. The number of hydrogen-bond donors (Lipinski definition) is 1. The molecule has 9 heavy (non-hydrogen) atoms. The third-order valence-electron chi connectivity index (χ3n) is 2.04. The number of rotatable bonds is 1. The highest BCUT2D eigenvalue weighted by Gasteiger charge is 2.18. The summed E-state index contributed by atoms with van der Waals surface area (Å²) in [6, 6.07) is 0. The Morgan fingerprint density at radius 1 is 1.22 bits per heavy atom. The van der Waals surface area contributed by atoms with Gasteiger partial charge in [0.1, 0.15) is 5.01 Å². The molecule has 1 aliphatic rings. The van der Waals surface area contributed by atoms with Crippen LogP contribution in [0.3, 0.4) is 0 Å². The van der Waals surface area contributed by atoms with Gasteiger partial charge in [0.2, 0.25) is 0 Å². The molecule has 1 rings (SSSR count). The van der Waals surface area contributed by atoms with Gasteiger partial charge in [-0.15, -0.1) is 0 Å². The van der Waals surface area contributed by atoms with E-state index in [1.807, 2.05) is 0 Å². The number of halogens is 1. The highest BCUT2D eigenvalue weighted by Crippen LogP contribution is 2.28. The van der Waals surface area contributed by atoms with E-state index < -0.39 is 0 Å². The number of aliphatic hydroxyl groups excluding tert-OH is 1. The van der Waals surface area contributed by atoms with Crippen LogP contribution in [0.5, 0.6) is 0 Å². The van der Waals surface area contributed by atoms with Crippen LogP contribution in [-0.4, -0.2) is 10.1 Å². The van der Waals surface area contributed by atoms with E-state index in [1.54, 1.807) is 0 Å². The quantitative estimate of drug-likeness (QED) is 0.633. The summed E-state index contributed by atoms with van der Waals surface area (Å²) in [4.78, 5) is 0. The van der Waals surface area contributed by atoms with E-state index in [0.29, 0.717) is 5.92 Å². The third-order valence-corrected chi connectivity index (χ3v) is 2.79. The normalized spacial score (nSPS) is 26.0. The van der Waals surface area contributed by atoms with Gasteiger partial charge in [0, 0.05) is 0 Å². The van der Waals surface area contributed by atoms with Gasteiger partial charge >= 0.3 is 0 Å². The Hall–Kier alpha value is 0.440. The van der Waals surface area contributed by atoms with Crippen molar-refractivity contribution >= 4 is 15.9 Å². The van der Waals surface area contributed by atoms with Crippen LogP contribution in [0.2, 0.25) is 0 Å². The monoisotopic (exact) mass is 192 g/mol. The Morgan fingerprint density at radius 2 is 1.78 bits per heavy atom. The van der Waals surface area contributed by atoms with Gasteiger partial charge in [0.15, 0.2) is 0 Å². The van der Waals surface area contributed by atoms with Gasteiger partial charge in [-0.1, -0.05) is 35.2 Å². The van der Waals surface area contributed by atoms with Crippen molar-refractivity contribution in [2.45, 2.75) is 37.1 Å². The van der Waals surface area contributed by atoms with Crippen molar-refractivity contribution in [3.05, 3.63) is 0 Å². The lowest BCUT2D eigenvalue weighted by molar-refractivity contribution is 0.165. The van der Waals surface area contributed by atoms with Crippen molar-refractivity contribution in [2.24, 2.45) is 5.92 Å². The Bertz CT molecular complexity index is 77.0. The summed E-state index contributed by atoms with van der Waals surface area (Å²) in [7, 11) is 0. The van der Waals surface area contributed by atoms with Crippen molar-refractivity contribution in [3.8, 4) is 0 Å². The Labute approximate surface area is 64.6 Å². The maximum atomic E-state index is 9.09. The lowest BCUT2D eigenvalue weighted by Crippen LogP contribution is -2.16. The SMILES string of the molecule is OC(Br)C1CCCCC1. The number of aliphatic hydroxyl groups is 1. The maximum Gasteiger partial charge on any atom is 0.111 e. The van der Waals surface area contributed by atoms with Crippen LogP contribution in [0, 0.1) is 5.92 Å². The highest BCUT2D eigenvalue weighted by atomic mass is 79.9. The predicted octanol–water partition coefficient (Wildman–Crippen LogP) is 2.28. The second-order valence-electron chi connectivity index (χ2n) is 2.77. The average Bonchev–Trinajstić information content (AvgIpc) is 1.90. The summed E-state index contributed by atoms with van der Waals surface area (Å²) < 4.78 is 0. The van der Waals surface area contributed by atoms with Crippen LogP contribution >= 0.6 is 15.9 Å². The Morgan fingerprint density at radius 3 is 2.11 bits per heavy atom. The van der Waals surface area contributed by atoms with Crippen LogP contribution in [0.1, 0.15) is 32.1 Å². The standard InChI is InChI=1S/C7H13BrO/c8-7(9)6-4-2-1-3-5-6/h6-7,9H,1-5H2. The minimum Gasteiger partial charge on any atom is -0.382 e. The molecule has 54 valence electrons. The molecular formula is C7H13BrO. The number of alkyl halides is 1. The number of hydrogen-bond acceptors (Lipinski definition) is 1. The molecule has 1 fully saturated rings. The Kier molecular flexibility index (Phi) is 2.99. The molecule has 0 radical (unpaired) electrons. The van der Waals surface area contributed by atoms with Crippen LogP contribution in [0.4, 0.5) is 0 Å². The molecule has 0 spiro atoms. The summed E-state index contributed by atoms with van der Waals surface area (Å²) in [5.41, 5.74) is 0. The molecule has 0 aromatic carbocycles. The molecule has 1 nitrogen and oxygen atoms in total. The lowest BCUT2D eigenvalue weighted by atomic mass is 9.90. The molecule has 0 amide bonds. The molecular weight excluding hydrogens is 180 g/mol. The second kappa shape index (κ2) is 3.57. The molecule has 2 heteroatoms. The second-order valence-corrected chi connectivity index (χ2v) is 3.71. The van der Waals surface area contributed by atoms with E-state index in [1.165, 1.54) is 32.1 Å². The molecule has 1 saturated carbocycles. The van der Waals surface area contributed by atoms with E-state index in [-0.39, 0.29) is 5.01 Å². The third kappa shape index (κ3) is 2.26. The van der Waals surface area contributed by atoms with Gasteiger partial charge in [-0.3, -0.25) is 0 Å². The topological polar surface area (TPSA) is 20.2 Å². The van der Waals surface area contributed by atoms with Gasteiger partial charge in [-0.2, -0.15) is 0 Å². The molecule has 0 bridgehead atoms. The van der Waals surface area contributed by atoms with Gasteiger partial charge in [-0.25, -0.2) is 0 Å². The average molecular weight is 193 g/mol. The maximum absolute atomic E-state index is 9.09. The largest absolute Gasteiger partial charge is 0.382 e. The van der Waals surface area contributed by atoms with Crippen molar-refractivity contribution in [1.29, 1.82) is 0 Å². The zero-order chi connectivity index (χ0) is 6.69. The molecule has 0 heterocycles. The van der Waals surface area contributed by atoms with Crippen LogP contribution < -0.4 is 0 Å². The molecule has 0 saturated heterocycles. The van der Waals surface area contributed by atoms with E-state index in [9.17, 15) is 0 Å². The molecule has 0 aromatic heterocycles. The lowest BCUT2D eigenvalue weighted by Gasteiger charge is -2.22. The van der Waals surface area contributed by atoms with E-state index in [4.69, 9.17) is 5.11 Å². The predicted molar refractivity (Wildman–Crippen MR) is 41.5 cm³/mol. The van der Waals surface area contributed by atoms with Crippen LogP contribution in [0.15, 0.2) is 0 Å². The first kappa shape index (κ1) is 7.55. The van der Waals surface area contributed by atoms with Gasteiger partial charge in [0.25, 0.3) is 0 Å². The van der Waals surface area contributed by atoms with Crippen molar-refractivity contribution in [3.63, 3.8) is 0 Å². The fraction of sp³-hybridized carbons (Fsp3) is 1.00. The van der Waals surface area contributed by atoms with Gasteiger partial charge < -0.3 is 5.11 Å². The highest BCUT2D eigenvalue weighted by molar-refractivity contribution is 9.09. The zero-order valence-corrected chi connectivity index (χ0v) is 7.10. The van der Waals surface area contributed by atoms with Crippen LogP contribution in [-0.2, 0) is 0 Å². The van der Waals surface area contributed by atoms with Crippen molar-refractivity contribution in [2.75, 3.05) is 0 Å². The molecule has 0 aliphatic heterocycles. The summed E-state index contributed by atoms with van der Waals surface area (Å²) in [5, 5.41) is 8.84. The first-order chi connectivity index (χ1) is 4.30. The van der Waals surface area contributed by atoms with Crippen molar-refractivity contribution < 1.29 is 5.11 Å². The Balaban J connectivity index is 2.23. The van der Waals surface area contributed by atoms with E-state index in [0.717, 1.165) is 0 Å². The molecule has 1 atom stereocenters. The first-order valence-electron chi connectivity index (χ1n) is 3.63. The fourth-order valence-corrected chi connectivity index (χ4v) is 1.94. The minimum absolute atomic E-state index is 0.252. The molecule has 0 aromatic rings. The van der Waals surface area contributed by atoms with Gasteiger partial charge in [0.05, 0.1) is 0 Å². The van der Waals surface area contributed by atoms with Crippen LogP contribution in [0.25, 0.3) is 0 Å². The fourth-order valence-electron chi connectivity index (χ4n) is 1.41. The molecule has 1 aliphatic carbocycles. The first-order valence-corrected chi connectivity index (χ1v) is 4.54. The zero-order valence-electron chi connectivity index (χ0n) is 5.52. The smallest absolute Gasteiger partial charge is 0.111 e. The summed E-state index contributed by atoms with van der Waals surface area (Å²) >= 11 is 3.19. The van der Waals surface area contributed by atoms with Crippen molar-refractivity contribution in [1.82, 2.24) is 0 Å². The summed E-state index contributed by atoms with van der Waals surface area (Å²) in [5.74, 6) is 0.527. The van der Waals surface area contributed by atoms with Gasteiger partial charge in [-0.05, 0) is 18.8 Å². The van der Waals surface area contributed by atoms with E-state index in [2.05, 4.69) is 15.9 Å². The minimum atomic E-state index is -0.252. The summed E-state index contributed by atoms with van der Waals surface area (Å²) in [6.45, 7) is 0. The van der Waals surface area contributed by atoms with E-state index >= 15 is 0 Å². The molecule has 1 unspecified atom stereocenters. The summed E-state index contributed by atoms with van der Waals surface area (Å²) in [6.07, 6.45) is 6.36.